The topological polar surface area (TPSA) is 57.0 Å². The third-order valence-electron chi connectivity index (χ3n) is 3.57. The number of rotatable bonds is 4. The van der Waals surface area contributed by atoms with Crippen molar-refractivity contribution in [3.63, 3.8) is 0 Å². The van der Waals surface area contributed by atoms with Gasteiger partial charge in [0.1, 0.15) is 5.56 Å². The first-order valence-corrected chi connectivity index (χ1v) is 7.67. The molecule has 0 saturated heterocycles. The summed E-state index contributed by atoms with van der Waals surface area (Å²) in [6, 6.07) is 14.9. The van der Waals surface area contributed by atoms with E-state index < -0.39 is 11.9 Å². The zero-order chi connectivity index (χ0) is 17.1. The Morgan fingerprint density at radius 3 is 2.42 bits per heavy atom. The first kappa shape index (κ1) is 15.8. The number of carbonyl (C=O) groups is 2. The summed E-state index contributed by atoms with van der Waals surface area (Å²) in [5, 5.41) is 0. The van der Waals surface area contributed by atoms with Crippen LogP contribution in [-0.4, -0.2) is 22.9 Å². The maximum Gasteiger partial charge on any atom is 0.344 e. The van der Waals surface area contributed by atoms with Gasteiger partial charge in [-0.15, -0.1) is 0 Å². The Morgan fingerprint density at radius 2 is 1.75 bits per heavy atom. The minimum Gasteiger partial charge on any atom is -0.462 e. The number of ether oxygens (including phenoxy) is 2. The van der Waals surface area contributed by atoms with Gasteiger partial charge in [0, 0.05) is 13.1 Å². The van der Waals surface area contributed by atoms with Crippen molar-refractivity contribution in [1.82, 2.24) is 4.40 Å². The van der Waals surface area contributed by atoms with E-state index in [1.165, 1.54) is 6.92 Å². The monoisotopic (exact) mass is 323 g/mol. The standard InChI is InChI=1S/C19H17NO4/c1-3-23-19(22)16-17(14-9-5-4-6-10-14)20-12-8-7-11-15(20)18(16)24-13(2)21/h4-12H,3H2,1-2H3. The highest BCUT2D eigenvalue weighted by atomic mass is 16.5. The largest absolute Gasteiger partial charge is 0.462 e. The van der Waals surface area contributed by atoms with Gasteiger partial charge in [-0.05, 0) is 24.6 Å². The second kappa shape index (κ2) is 6.58. The van der Waals surface area contributed by atoms with Crippen LogP contribution in [0, 0.1) is 0 Å². The number of aromatic nitrogens is 1. The van der Waals surface area contributed by atoms with Crippen LogP contribution in [-0.2, 0) is 9.53 Å². The first-order chi connectivity index (χ1) is 11.6. The van der Waals surface area contributed by atoms with E-state index in [1.807, 2.05) is 53.1 Å². The summed E-state index contributed by atoms with van der Waals surface area (Å²) in [7, 11) is 0. The van der Waals surface area contributed by atoms with E-state index in [0.717, 1.165) is 5.56 Å². The summed E-state index contributed by atoms with van der Waals surface area (Å²) in [6.45, 7) is 3.28. The Hall–Kier alpha value is -3.08. The van der Waals surface area contributed by atoms with Crippen LogP contribution in [0.2, 0.25) is 0 Å². The molecule has 122 valence electrons. The van der Waals surface area contributed by atoms with Crippen LogP contribution in [0.25, 0.3) is 16.8 Å². The molecule has 0 unspecified atom stereocenters. The molecule has 0 aliphatic heterocycles. The summed E-state index contributed by atoms with van der Waals surface area (Å²) in [6.07, 6.45) is 1.83. The van der Waals surface area contributed by atoms with Crippen molar-refractivity contribution in [2.75, 3.05) is 6.61 Å². The molecular weight excluding hydrogens is 306 g/mol. The van der Waals surface area contributed by atoms with E-state index in [4.69, 9.17) is 9.47 Å². The summed E-state index contributed by atoms with van der Waals surface area (Å²) >= 11 is 0. The quantitative estimate of drug-likeness (QED) is 0.687. The molecule has 0 aliphatic rings. The number of pyridine rings is 1. The van der Waals surface area contributed by atoms with E-state index in [9.17, 15) is 9.59 Å². The van der Waals surface area contributed by atoms with E-state index in [2.05, 4.69) is 0 Å². The molecule has 2 heterocycles. The lowest BCUT2D eigenvalue weighted by Gasteiger charge is -2.07. The van der Waals surface area contributed by atoms with Gasteiger partial charge in [-0.25, -0.2) is 4.79 Å². The fraction of sp³-hybridized carbons (Fsp3) is 0.158. The molecule has 0 aliphatic carbocycles. The Bertz CT molecular complexity index is 896. The third-order valence-corrected chi connectivity index (χ3v) is 3.57. The molecular formula is C19H17NO4. The molecule has 3 aromatic rings. The van der Waals surface area contributed by atoms with Crippen LogP contribution in [0.15, 0.2) is 54.7 Å². The van der Waals surface area contributed by atoms with Crippen LogP contribution < -0.4 is 4.74 Å². The Balaban J connectivity index is 2.37. The maximum atomic E-state index is 12.6. The Kier molecular flexibility index (Phi) is 4.33. The molecule has 0 radical (unpaired) electrons. The SMILES string of the molecule is CCOC(=O)c1c(OC(C)=O)c2ccccn2c1-c1ccccc1. The average Bonchev–Trinajstić information content (AvgIpc) is 2.90. The maximum absolute atomic E-state index is 12.6. The second-order valence-electron chi connectivity index (χ2n) is 5.19. The van der Waals surface area contributed by atoms with E-state index in [0.29, 0.717) is 11.2 Å². The summed E-state index contributed by atoms with van der Waals surface area (Å²) in [5.41, 5.74) is 2.36. The highest BCUT2D eigenvalue weighted by molar-refractivity contribution is 6.04. The normalized spacial score (nSPS) is 10.6. The van der Waals surface area contributed by atoms with Gasteiger partial charge in [0.2, 0.25) is 0 Å². The van der Waals surface area contributed by atoms with Crippen molar-refractivity contribution in [1.29, 1.82) is 0 Å². The van der Waals surface area contributed by atoms with Gasteiger partial charge in [-0.2, -0.15) is 0 Å². The van der Waals surface area contributed by atoms with Gasteiger partial charge in [0.15, 0.2) is 5.75 Å². The number of nitrogens with zero attached hydrogens (tertiary/aromatic N) is 1. The van der Waals surface area contributed by atoms with Crippen molar-refractivity contribution in [3.05, 3.63) is 60.3 Å². The molecule has 0 fully saturated rings. The van der Waals surface area contributed by atoms with E-state index in [-0.39, 0.29) is 17.9 Å². The Morgan fingerprint density at radius 1 is 1.04 bits per heavy atom. The van der Waals surface area contributed by atoms with Crippen molar-refractivity contribution >= 4 is 17.5 Å². The van der Waals surface area contributed by atoms with Crippen LogP contribution in [0.1, 0.15) is 24.2 Å². The van der Waals surface area contributed by atoms with Crippen molar-refractivity contribution in [2.45, 2.75) is 13.8 Å². The van der Waals surface area contributed by atoms with Crippen molar-refractivity contribution in [3.8, 4) is 17.0 Å². The molecule has 0 N–H and O–H groups in total. The highest BCUT2D eigenvalue weighted by Gasteiger charge is 2.27. The molecule has 1 aromatic carbocycles. The molecule has 24 heavy (non-hydrogen) atoms. The number of hydrogen-bond acceptors (Lipinski definition) is 4. The van der Waals surface area contributed by atoms with Gasteiger partial charge in [-0.1, -0.05) is 36.4 Å². The number of hydrogen-bond donors (Lipinski definition) is 0. The molecule has 5 nitrogen and oxygen atoms in total. The molecule has 0 spiro atoms. The van der Waals surface area contributed by atoms with Gasteiger partial charge in [-0.3, -0.25) is 4.79 Å². The van der Waals surface area contributed by atoms with Gasteiger partial charge in [0.05, 0.1) is 17.8 Å². The second-order valence-corrected chi connectivity index (χ2v) is 5.19. The van der Waals surface area contributed by atoms with Crippen LogP contribution in [0.3, 0.4) is 0 Å². The van der Waals surface area contributed by atoms with Crippen LogP contribution >= 0.6 is 0 Å². The molecule has 0 amide bonds. The first-order valence-electron chi connectivity index (χ1n) is 7.67. The molecule has 5 heteroatoms. The van der Waals surface area contributed by atoms with Gasteiger partial charge in [0.25, 0.3) is 0 Å². The zero-order valence-electron chi connectivity index (χ0n) is 13.5. The van der Waals surface area contributed by atoms with E-state index >= 15 is 0 Å². The number of benzene rings is 1. The lowest BCUT2D eigenvalue weighted by atomic mass is 10.1. The minimum atomic E-state index is -0.517. The molecule has 0 bridgehead atoms. The fourth-order valence-corrected chi connectivity index (χ4v) is 2.70. The lowest BCUT2D eigenvalue weighted by molar-refractivity contribution is -0.131. The van der Waals surface area contributed by atoms with Crippen molar-refractivity contribution in [2.24, 2.45) is 0 Å². The van der Waals surface area contributed by atoms with E-state index in [1.54, 1.807) is 13.0 Å². The van der Waals surface area contributed by atoms with Crippen LogP contribution in [0.5, 0.6) is 5.75 Å². The summed E-state index contributed by atoms with van der Waals surface area (Å²) in [4.78, 5) is 24.1. The van der Waals surface area contributed by atoms with Gasteiger partial charge < -0.3 is 13.9 Å². The molecule has 2 aromatic heterocycles. The third kappa shape index (κ3) is 2.76. The van der Waals surface area contributed by atoms with Crippen molar-refractivity contribution < 1.29 is 19.1 Å². The number of fused-ring (bicyclic) bond motifs is 1. The molecule has 0 saturated carbocycles. The number of esters is 2. The predicted molar refractivity (Wildman–Crippen MR) is 90.1 cm³/mol. The lowest BCUT2D eigenvalue weighted by Crippen LogP contribution is -2.10. The van der Waals surface area contributed by atoms with Gasteiger partial charge >= 0.3 is 11.9 Å². The fourth-order valence-electron chi connectivity index (χ4n) is 2.70. The average molecular weight is 323 g/mol. The molecule has 0 atom stereocenters. The summed E-state index contributed by atoms with van der Waals surface area (Å²) in [5.74, 6) is -0.784. The number of carbonyl (C=O) groups excluding carboxylic acids is 2. The summed E-state index contributed by atoms with van der Waals surface area (Å²) < 4.78 is 12.4. The smallest absolute Gasteiger partial charge is 0.344 e. The molecule has 3 rings (SSSR count). The van der Waals surface area contributed by atoms with Crippen LogP contribution in [0.4, 0.5) is 0 Å². The minimum absolute atomic E-state index is 0.223. The Labute approximate surface area is 139 Å². The highest BCUT2D eigenvalue weighted by Crippen LogP contribution is 2.38. The zero-order valence-corrected chi connectivity index (χ0v) is 13.5. The predicted octanol–water partition coefficient (Wildman–Crippen LogP) is 3.71.